The maximum Gasteiger partial charge on any atom is 0.251 e. The van der Waals surface area contributed by atoms with E-state index in [1.807, 2.05) is 7.05 Å². The van der Waals surface area contributed by atoms with E-state index in [0.29, 0.717) is 6.04 Å². The highest BCUT2D eigenvalue weighted by atomic mass is 19.3. The molecule has 14 heavy (non-hydrogen) atoms. The molecule has 1 aliphatic heterocycles. The molecule has 0 bridgehead atoms. The summed E-state index contributed by atoms with van der Waals surface area (Å²) in [7, 11) is 1.97. The maximum atomic E-state index is 12.6. The Balaban J connectivity index is 1.74. The molecule has 0 atom stereocenters. The predicted octanol–water partition coefficient (Wildman–Crippen LogP) is 1.47. The molecule has 1 saturated heterocycles. The molecular formula is C10H18F2N2. The van der Waals surface area contributed by atoms with E-state index in [2.05, 4.69) is 10.2 Å². The smallest absolute Gasteiger partial charge is 0.251 e. The van der Waals surface area contributed by atoms with E-state index in [1.54, 1.807) is 0 Å². The molecule has 0 unspecified atom stereocenters. The van der Waals surface area contributed by atoms with Gasteiger partial charge in [0.1, 0.15) is 0 Å². The first-order chi connectivity index (χ1) is 6.61. The first-order valence-electron chi connectivity index (χ1n) is 5.40. The topological polar surface area (TPSA) is 15.3 Å². The number of alkyl halides is 2. The van der Waals surface area contributed by atoms with Crippen LogP contribution in [0.25, 0.3) is 0 Å². The SMILES string of the molecule is CNC1CCN(C2CC(F)(F)C2)CC1. The maximum absolute atomic E-state index is 12.6. The quantitative estimate of drug-likeness (QED) is 0.732. The molecule has 1 heterocycles. The molecule has 0 aromatic carbocycles. The molecule has 2 aliphatic rings. The third kappa shape index (κ3) is 2.06. The van der Waals surface area contributed by atoms with Crippen LogP contribution in [0.2, 0.25) is 0 Å². The second kappa shape index (κ2) is 3.74. The number of hydrogen-bond acceptors (Lipinski definition) is 2. The summed E-state index contributed by atoms with van der Waals surface area (Å²) in [6.45, 7) is 1.96. The van der Waals surface area contributed by atoms with Crippen molar-refractivity contribution in [3.8, 4) is 0 Å². The zero-order valence-electron chi connectivity index (χ0n) is 8.60. The molecule has 2 nitrogen and oxygen atoms in total. The van der Waals surface area contributed by atoms with Gasteiger partial charge in [-0.1, -0.05) is 0 Å². The number of hydrogen-bond donors (Lipinski definition) is 1. The van der Waals surface area contributed by atoms with Gasteiger partial charge < -0.3 is 5.32 Å². The zero-order chi connectivity index (χ0) is 10.2. The van der Waals surface area contributed by atoms with Crippen molar-refractivity contribution in [3.63, 3.8) is 0 Å². The molecule has 0 radical (unpaired) electrons. The van der Waals surface area contributed by atoms with Crippen molar-refractivity contribution in [2.24, 2.45) is 0 Å². The lowest BCUT2D eigenvalue weighted by atomic mass is 9.85. The summed E-state index contributed by atoms with van der Waals surface area (Å²) in [4.78, 5) is 2.23. The minimum absolute atomic E-state index is 0.0806. The van der Waals surface area contributed by atoms with Crippen LogP contribution in [0.3, 0.4) is 0 Å². The normalized spacial score (nSPS) is 30.2. The molecule has 2 rings (SSSR count). The monoisotopic (exact) mass is 204 g/mol. The third-order valence-electron chi connectivity index (χ3n) is 3.52. The standard InChI is InChI=1S/C10H18F2N2/c1-13-8-2-4-14(5-3-8)9-6-10(11,12)7-9/h8-9,13H,2-7H2,1H3. The first-order valence-corrected chi connectivity index (χ1v) is 5.40. The Bertz CT molecular complexity index is 192. The van der Waals surface area contributed by atoms with Crippen molar-refractivity contribution in [1.82, 2.24) is 10.2 Å². The minimum atomic E-state index is -2.37. The van der Waals surface area contributed by atoms with Gasteiger partial charge in [-0.3, -0.25) is 4.90 Å². The van der Waals surface area contributed by atoms with Gasteiger partial charge in [-0.05, 0) is 33.0 Å². The molecular weight excluding hydrogens is 186 g/mol. The van der Waals surface area contributed by atoms with Gasteiger partial charge in [0.25, 0.3) is 5.92 Å². The Morgan fingerprint density at radius 3 is 2.21 bits per heavy atom. The lowest BCUT2D eigenvalue weighted by molar-refractivity contribution is -0.127. The lowest BCUT2D eigenvalue weighted by Gasteiger charge is -2.45. The van der Waals surface area contributed by atoms with E-state index in [0.717, 1.165) is 25.9 Å². The second-order valence-electron chi connectivity index (χ2n) is 4.52. The van der Waals surface area contributed by atoms with Gasteiger partial charge in [0.15, 0.2) is 0 Å². The summed E-state index contributed by atoms with van der Waals surface area (Å²) in [5, 5.41) is 3.24. The molecule has 0 aromatic rings. The fourth-order valence-corrected chi connectivity index (χ4v) is 2.44. The fraction of sp³-hybridized carbons (Fsp3) is 1.00. The highest BCUT2D eigenvalue weighted by Gasteiger charge is 2.48. The summed E-state index contributed by atoms with van der Waals surface area (Å²) < 4.78 is 25.3. The van der Waals surface area contributed by atoms with E-state index < -0.39 is 5.92 Å². The second-order valence-corrected chi connectivity index (χ2v) is 4.52. The Morgan fingerprint density at radius 2 is 1.79 bits per heavy atom. The average Bonchev–Trinajstić information content (AvgIpc) is 2.14. The van der Waals surface area contributed by atoms with Crippen LogP contribution in [0, 0.1) is 0 Å². The van der Waals surface area contributed by atoms with Crippen molar-refractivity contribution in [3.05, 3.63) is 0 Å². The van der Waals surface area contributed by atoms with Crippen molar-refractivity contribution in [2.45, 2.75) is 43.7 Å². The Morgan fingerprint density at radius 1 is 1.21 bits per heavy atom. The van der Waals surface area contributed by atoms with E-state index in [1.165, 1.54) is 0 Å². The summed E-state index contributed by atoms with van der Waals surface area (Å²) in [6.07, 6.45) is 2.35. The van der Waals surface area contributed by atoms with E-state index >= 15 is 0 Å². The highest BCUT2D eigenvalue weighted by Crippen LogP contribution is 2.41. The lowest BCUT2D eigenvalue weighted by Crippen LogP contribution is -2.54. The van der Waals surface area contributed by atoms with Gasteiger partial charge in [-0.2, -0.15) is 0 Å². The van der Waals surface area contributed by atoms with Gasteiger partial charge in [-0.15, -0.1) is 0 Å². The summed E-state index contributed by atoms with van der Waals surface area (Å²) >= 11 is 0. The van der Waals surface area contributed by atoms with Crippen LogP contribution in [0.1, 0.15) is 25.7 Å². The van der Waals surface area contributed by atoms with Crippen LogP contribution < -0.4 is 5.32 Å². The van der Waals surface area contributed by atoms with Crippen LogP contribution >= 0.6 is 0 Å². The van der Waals surface area contributed by atoms with Gasteiger partial charge in [-0.25, -0.2) is 8.78 Å². The Hall–Kier alpha value is -0.220. The highest BCUT2D eigenvalue weighted by molar-refractivity contribution is 4.94. The van der Waals surface area contributed by atoms with Crippen molar-refractivity contribution >= 4 is 0 Å². The average molecular weight is 204 g/mol. The van der Waals surface area contributed by atoms with Crippen LogP contribution in [0.5, 0.6) is 0 Å². The number of nitrogens with one attached hydrogen (secondary N) is 1. The van der Waals surface area contributed by atoms with Crippen LogP contribution in [0.4, 0.5) is 8.78 Å². The molecule has 0 amide bonds. The van der Waals surface area contributed by atoms with Gasteiger partial charge in [0, 0.05) is 24.9 Å². The number of nitrogens with zero attached hydrogens (tertiary/aromatic N) is 1. The fourth-order valence-electron chi connectivity index (χ4n) is 2.44. The molecule has 2 fully saturated rings. The molecule has 1 aliphatic carbocycles. The molecule has 82 valence electrons. The van der Waals surface area contributed by atoms with Crippen LogP contribution in [-0.4, -0.2) is 43.0 Å². The van der Waals surface area contributed by atoms with Crippen LogP contribution in [-0.2, 0) is 0 Å². The van der Waals surface area contributed by atoms with Crippen molar-refractivity contribution in [1.29, 1.82) is 0 Å². The Kier molecular flexibility index (Phi) is 2.75. The van der Waals surface area contributed by atoms with Crippen molar-refractivity contribution < 1.29 is 8.78 Å². The first kappa shape index (κ1) is 10.3. The zero-order valence-corrected chi connectivity index (χ0v) is 8.60. The molecule has 4 heteroatoms. The van der Waals surface area contributed by atoms with Gasteiger partial charge in [0.05, 0.1) is 0 Å². The molecule has 0 aromatic heterocycles. The molecule has 0 spiro atoms. The number of rotatable bonds is 2. The largest absolute Gasteiger partial charge is 0.317 e. The van der Waals surface area contributed by atoms with Gasteiger partial charge >= 0.3 is 0 Å². The number of piperidine rings is 1. The summed E-state index contributed by atoms with van der Waals surface area (Å²) in [6, 6.07) is 0.745. The number of halogens is 2. The van der Waals surface area contributed by atoms with E-state index in [9.17, 15) is 8.78 Å². The Labute approximate surface area is 83.7 Å². The summed E-state index contributed by atoms with van der Waals surface area (Å²) in [5.74, 6) is -2.37. The number of likely N-dealkylation sites (tertiary alicyclic amines) is 1. The third-order valence-corrected chi connectivity index (χ3v) is 3.52. The summed E-state index contributed by atoms with van der Waals surface area (Å²) in [5.41, 5.74) is 0. The van der Waals surface area contributed by atoms with Gasteiger partial charge in [0.2, 0.25) is 0 Å². The molecule has 1 saturated carbocycles. The van der Waals surface area contributed by atoms with E-state index in [-0.39, 0.29) is 18.9 Å². The van der Waals surface area contributed by atoms with E-state index in [4.69, 9.17) is 0 Å². The predicted molar refractivity (Wildman–Crippen MR) is 51.6 cm³/mol. The van der Waals surface area contributed by atoms with Crippen LogP contribution in [0.15, 0.2) is 0 Å². The van der Waals surface area contributed by atoms with Crippen molar-refractivity contribution in [2.75, 3.05) is 20.1 Å². The minimum Gasteiger partial charge on any atom is -0.317 e. The molecule has 1 N–H and O–H groups in total.